The van der Waals surface area contributed by atoms with Gasteiger partial charge in [0.15, 0.2) is 0 Å². The zero-order valence-electron chi connectivity index (χ0n) is 7.97. The van der Waals surface area contributed by atoms with E-state index in [-0.39, 0.29) is 0 Å². The number of hydrogen-bond donors (Lipinski definition) is 0. The Morgan fingerprint density at radius 1 is 1.13 bits per heavy atom. The molecule has 3 heteroatoms. The normalized spacial score (nSPS) is 10.7. The van der Waals surface area contributed by atoms with Gasteiger partial charge < -0.3 is 0 Å². The van der Waals surface area contributed by atoms with Gasteiger partial charge in [-0.1, -0.05) is 41.9 Å². The molecule has 0 saturated carbocycles. The van der Waals surface area contributed by atoms with Crippen molar-refractivity contribution in [3.8, 4) is 0 Å². The van der Waals surface area contributed by atoms with Crippen LogP contribution in [0.5, 0.6) is 0 Å². The van der Waals surface area contributed by atoms with Crippen molar-refractivity contribution in [3.05, 3.63) is 59.4 Å². The van der Waals surface area contributed by atoms with Crippen LogP contribution < -0.4 is 0 Å². The van der Waals surface area contributed by atoms with Crippen LogP contribution in [0.1, 0.15) is 5.56 Å². The number of aromatic nitrogens is 1. The van der Waals surface area contributed by atoms with E-state index < -0.39 is 0 Å². The first-order chi connectivity index (χ1) is 7.36. The Morgan fingerprint density at radius 3 is 2.67 bits per heavy atom. The summed E-state index contributed by atoms with van der Waals surface area (Å²) in [5.74, 6) is 0. The predicted molar refractivity (Wildman–Crippen MR) is 62.9 cm³/mol. The zero-order valence-corrected chi connectivity index (χ0v) is 8.72. The fraction of sp³-hybridized carbons (Fsp3) is 0. The summed E-state index contributed by atoms with van der Waals surface area (Å²) in [5, 5.41) is 0.609. The van der Waals surface area contributed by atoms with Crippen molar-refractivity contribution in [2.45, 2.75) is 0 Å². The van der Waals surface area contributed by atoms with E-state index in [1.807, 2.05) is 30.3 Å². The lowest BCUT2D eigenvalue weighted by molar-refractivity contribution is 1.31. The number of nitrogens with zero attached hydrogens (tertiary/aromatic N) is 2. The molecule has 2 rings (SSSR count). The van der Waals surface area contributed by atoms with E-state index in [9.17, 15) is 0 Å². The van der Waals surface area contributed by atoms with Gasteiger partial charge in [0.2, 0.25) is 0 Å². The van der Waals surface area contributed by atoms with E-state index in [2.05, 4.69) is 9.98 Å². The molecule has 0 aliphatic carbocycles. The summed E-state index contributed by atoms with van der Waals surface area (Å²) in [6, 6.07) is 11.6. The van der Waals surface area contributed by atoms with Crippen molar-refractivity contribution in [2.75, 3.05) is 0 Å². The van der Waals surface area contributed by atoms with Crippen LogP contribution in [0.3, 0.4) is 0 Å². The maximum Gasteiger partial charge on any atom is 0.0999 e. The molecule has 0 bridgehead atoms. The van der Waals surface area contributed by atoms with Gasteiger partial charge in [-0.25, -0.2) is 0 Å². The summed E-state index contributed by atoms with van der Waals surface area (Å²) in [5.41, 5.74) is 1.72. The number of halogens is 1. The lowest BCUT2D eigenvalue weighted by Crippen LogP contribution is -1.79. The Morgan fingerprint density at radius 2 is 1.93 bits per heavy atom. The molecule has 0 unspecified atom stereocenters. The van der Waals surface area contributed by atoms with E-state index in [0.717, 1.165) is 5.56 Å². The van der Waals surface area contributed by atoms with Crippen LogP contribution in [0.2, 0.25) is 5.02 Å². The third-order valence-corrected chi connectivity index (χ3v) is 2.22. The van der Waals surface area contributed by atoms with Gasteiger partial charge in [-0.05, 0) is 11.6 Å². The average molecular weight is 217 g/mol. The van der Waals surface area contributed by atoms with Crippen molar-refractivity contribution in [1.82, 2.24) is 4.98 Å². The Bertz CT molecular complexity index is 466. The van der Waals surface area contributed by atoms with E-state index in [1.54, 1.807) is 24.7 Å². The maximum absolute atomic E-state index is 5.94. The first kappa shape index (κ1) is 9.87. The third-order valence-electron chi connectivity index (χ3n) is 1.90. The molecular weight excluding hydrogens is 208 g/mol. The Hall–Kier alpha value is -1.67. The number of hydrogen-bond acceptors (Lipinski definition) is 2. The molecule has 0 aliphatic heterocycles. The molecule has 0 spiro atoms. The lowest BCUT2D eigenvalue weighted by Gasteiger charge is -1.95. The van der Waals surface area contributed by atoms with Gasteiger partial charge in [0.25, 0.3) is 0 Å². The van der Waals surface area contributed by atoms with E-state index in [4.69, 9.17) is 11.6 Å². The van der Waals surface area contributed by atoms with Gasteiger partial charge in [0.1, 0.15) is 0 Å². The van der Waals surface area contributed by atoms with Crippen LogP contribution in [-0.4, -0.2) is 11.2 Å². The summed E-state index contributed by atoms with van der Waals surface area (Å²) in [4.78, 5) is 8.22. The van der Waals surface area contributed by atoms with Gasteiger partial charge >= 0.3 is 0 Å². The molecule has 0 N–H and O–H groups in total. The van der Waals surface area contributed by atoms with Crippen LogP contribution in [-0.2, 0) is 0 Å². The second kappa shape index (κ2) is 4.71. The van der Waals surface area contributed by atoms with Crippen LogP contribution in [0.4, 0.5) is 5.69 Å². The van der Waals surface area contributed by atoms with E-state index >= 15 is 0 Å². The standard InChI is InChI=1S/C12H9ClN2/c13-11-6-7-14-9-12(11)15-8-10-4-2-1-3-5-10/h1-9H. The minimum Gasteiger partial charge on any atom is -0.262 e. The quantitative estimate of drug-likeness (QED) is 0.706. The smallest absolute Gasteiger partial charge is 0.0999 e. The molecule has 74 valence electrons. The maximum atomic E-state index is 5.94. The molecule has 1 heterocycles. The SMILES string of the molecule is Clc1ccncc1N=Cc1ccccc1. The van der Waals surface area contributed by atoms with Crippen LogP contribution in [0, 0.1) is 0 Å². The lowest BCUT2D eigenvalue weighted by atomic mass is 10.2. The van der Waals surface area contributed by atoms with Gasteiger partial charge in [0.05, 0.1) is 16.9 Å². The first-order valence-electron chi connectivity index (χ1n) is 4.55. The van der Waals surface area contributed by atoms with Gasteiger partial charge in [-0.15, -0.1) is 0 Å². The minimum absolute atomic E-state index is 0.609. The highest BCUT2D eigenvalue weighted by molar-refractivity contribution is 6.33. The van der Waals surface area contributed by atoms with E-state index in [0.29, 0.717) is 10.7 Å². The van der Waals surface area contributed by atoms with Crippen molar-refractivity contribution in [3.63, 3.8) is 0 Å². The summed E-state index contributed by atoms with van der Waals surface area (Å²) < 4.78 is 0. The van der Waals surface area contributed by atoms with Crippen molar-refractivity contribution in [2.24, 2.45) is 4.99 Å². The molecule has 1 aromatic carbocycles. The topological polar surface area (TPSA) is 25.2 Å². The fourth-order valence-electron chi connectivity index (χ4n) is 1.15. The van der Waals surface area contributed by atoms with Gasteiger partial charge in [-0.3, -0.25) is 9.98 Å². The van der Waals surface area contributed by atoms with Crippen LogP contribution in [0.15, 0.2) is 53.8 Å². The molecule has 0 aliphatic rings. The van der Waals surface area contributed by atoms with Crippen LogP contribution in [0.25, 0.3) is 0 Å². The average Bonchev–Trinajstić information content (AvgIpc) is 2.29. The van der Waals surface area contributed by atoms with Gasteiger partial charge in [0, 0.05) is 12.4 Å². The Labute approximate surface area is 93.3 Å². The molecule has 1 aromatic heterocycles. The number of rotatable bonds is 2. The molecule has 0 saturated heterocycles. The molecule has 0 atom stereocenters. The molecule has 0 fully saturated rings. The van der Waals surface area contributed by atoms with Crippen LogP contribution >= 0.6 is 11.6 Å². The van der Waals surface area contributed by atoms with Gasteiger partial charge in [-0.2, -0.15) is 0 Å². The van der Waals surface area contributed by atoms with Crippen molar-refractivity contribution >= 4 is 23.5 Å². The molecule has 2 nitrogen and oxygen atoms in total. The summed E-state index contributed by atoms with van der Waals surface area (Å²) in [6.45, 7) is 0. The number of benzene rings is 1. The number of pyridine rings is 1. The second-order valence-corrected chi connectivity index (χ2v) is 3.40. The monoisotopic (exact) mass is 216 g/mol. The predicted octanol–water partition coefficient (Wildman–Crippen LogP) is 3.49. The fourth-order valence-corrected chi connectivity index (χ4v) is 1.30. The number of aliphatic imine (C=N–C) groups is 1. The minimum atomic E-state index is 0.609. The zero-order chi connectivity index (χ0) is 10.5. The largest absolute Gasteiger partial charge is 0.262 e. The highest BCUT2D eigenvalue weighted by atomic mass is 35.5. The second-order valence-electron chi connectivity index (χ2n) is 3.00. The van der Waals surface area contributed by atoms with Crippen molar-refractivity contribution in [1.29, 1.82) is 0 Å². The highest BCUT2D eigenvalue weighted by Gasteiger charge is 1.94. The molecule has 0 amide bonds. The highest BCUT2D eigenvalue weighted by Crippen LogP contribution is 2.22. The Kier molecular flexibility index (Phi) is 3.10. The Balaban J connectivity index is 2.23. The third kappa shape index (κ3) is 2.64. The molecule has 0 radical (unpaired) electrons. The summed E-state index contributed by atoms with van der Waals surface area (Å²) >= 11 is 5.94. The molecule has 15 heavy (non-hydrogen) atoms. The summed E-state index contributed by atoms with van der Waals surface area (Å²) in [6.07, 6.45) is 5.05. The molecule has 2 aromatic rings. The first-order valence-corrected chi connectivity index (χ1v) is 4.93. The summed E-state index contributed by atoms with van der Waals surface area (Å²) in [7, 11) is 0. The molecular formula is C12H9ClN2. The van der Waals surface area contributed by atoms with Crippen molar-refractivity contribution < 1.29 is 0 Å². The van der Waals surface area contributed by atoms with E-state index in [1.165, 1.54) is 0 Å².